The lowest BCUT2D eigenvalue weighted by Crippen LogP contribution is -2.15. The summed E-state index contributed by atoms with van der Waals surface area (Å²) in [7, 11) is 0. The number of carbonyl (C=O) groups excluding carboxylic acids is 2. The number of aryl methyl sites for hydroxylation is 1. The highest BCUT2D eigenvalue weighted by molar-refractivity contribution is 7.99. The first-order valence-electron chi connectivity index (χ1n) is 7.89. The largest absolute Gasteiger partial charge is 0.325 e. The Morgan fingerprint density at radius 1 is 1.21 bits per heavy atom. The third kappa shape index (κ3) is 4.44. The minimum absolute atomic E-state index is 0.00295. The van der Waals surface area contributed by atoms with Gasteiger partial charge < -0.3 is 9.88 Å². The number of anilines is 1. The van der Waals surface area contributed by atoms with Crippen molar-refractivity contribution in [2.75, 3.05) is 11.1 Å². The highest BCUT2D eigenvalue weighted by Crippen LogP contribution is 2.22. The summed E-state index contributed by atoms with van der Waals surface area (Å²) < 4.78 is 2.06. The molecule has 2 rings (SSSR count). The Bertz CT molecular complexity index is 723. The Labute approximate surface area is 146 Å². The van der Waals surface area contributed by atoms with Crippen LogP contribution in [0.3, 0.4) is 0 Å². The third-order valence-corrected chi connectivity index (χ3v) is 4.42. The van der Waals surface area contributed by atoms with Crippen LogP contribution in [0.1, 0.15) is 49.9 Å². The van der Waals surface area contributed by atoms with Gasteiger partial charge in [-0.25, -0.2) is 0 Å². The molecule has 0 aliphatic heterocycles. The van der Waals surface area contributed by atoms with Gasteiger partial charge in [0.05, 0.1) is 5.75 Å². The van der Waals surface area contributed by atoms with E-state index < -0.39 is 0 Å². The number of hydrogen-bond acceptors (Lipinski definition) is 5. The number of benzene rings is 1. The molecule has 0 bridgehead atoms. The lowest BCUT2D eigenvalue weighted by atomic mass is 10.1. The van der Waals surface area contributed by atoms with Gasteiger partial charge in [-0.1, -0.05) is 18.7 Å². The Kier molecular flexibility index (Phi) is 6.14. The molecule has 2 aromatic rings. The van der Waals surface area contributed by atoms with Crippen LogP contribution in [-0.4, -0.2) is 32.2 Å². The zero-order valence-electron chi connectivity index (χ0n) is 14.4. The van der Waals surface area contributed by atoms with Crippen molar-refractivity contribution in [2.24, 2.45) is 0 Å². The predicted octanol–water partition coefficient (Wildman–Crippen LogP) is 3.35. The molecule has 0 aliphatic carbocycles. The quantitative estimate of drug-likeness (QED) is 0.614. The van der Waals surface area contributed by atoms with E-state index in [4.69, 9.17) is 0 Å². The molecule has 128 valence electrons. The van der Waals surface area contributed by atoms with E-state index in [1.165, 1.54) is 18.7 Å². The molecule has 0 fully saturated rings. The maximum Gasteiger partial charge on any atom is 0.234 e. The van der Waals surface area contributed by atoms with Gasteiger partial charge in [0.25, 0.3) is 0 Å². The fourth-order valence-electron chi connectivity index (χ4n) is 2.28. The van der Waals surface area contributed by atoms with E-state index in [9.17, 15) is 9.59 Å². The van der Waals surface area contributed by atoms with Gasteiger partial charge in [0.2, 0.25) is 5.91 Å². The summed E-state index contributed by atoms with van der Waals surface area (Å²) in [5.41, 5.74) is 1.30. The molecule has 0 saturated carbocycles. The van der Waals surface area contributed by atoms with Gasteiger partial charge in [0.15, 0.2) is 10.9 Å². The van der Waals surface area contributed by atoms with Crippen molar-refractivity contribution >= 4 is 29.1 Å². The standard InChI is InChI=1S/C17H22N4O2S/c1-5-15-19-20-17(21(15)11(2)3)24-10-16(23)18-14-8-6-13(7-9-14)12(4)22/h6-9,11H,5,10H2,1-4H3,(H,18,23). The predicted molar refractivity (Wildman–Crippen MR) is 95.6 cm³/mol. The molecule has 0 atom stereocenters. The minimum Gasteiger partial charge on any atom is -0.325 e. The van der Waals surface area contributed by atoms with E-state index in [1.807, 2.05) is 6.92 Å². The fraction of sp³-hybridized carbons (Fsp3) is 0.412. The van der Waals surface area contributed by atoms with Gasteiger partial charge in [-0.05, 0) is 45.0 Å². The molecule has 1 aromatic carbocycles. The molecular weight excluding hydrogens is 324 g/mol. The second-order valence-corrected chi connectivity index (χ2v) is 6.63. The molecule has 1 N–H and O–H groups in total. The van der Waals surface area contributed by atoms with E-state index in [0.29, 0.717) is 11.3 Å². The summed E-state index contributed by atoms with van der Waals surface area (Å²) in [4.78, 5) is 23.4. The van der Waals surface area contributed by atoms with Crippen molar-refractivity contribution in [3.05, 3.63) is 35.7 Å². The number of rotatable bonds is 7. The second kappa shape index (κ2) is 8.10. The zero-order valence-corrected chi connectivity index (χ0v) is 15.2. The molecular formula is C17H22N4O2S. The number of thioether (sulfide) groups is 1. The molecule has 0 saturated heterocycles. The van der Waals surface area contributed by atoms with Crippen molar-refractivity contribution in [3.8, 4) is 0 Å². The first-order valence-corrected chi connectivity index (χ1v) is 8.88. The second-order valence-electron chi connectivity index (χ2n) is 5.69. The van der Waals surface area contributed by atoms with Crippen LogP contribution < -0.4 is 5.32 Å². The molecule has 7 heteroatoms. The van der Waals surface area contributed by atoms with Crippen molar-refractivity contribution in [3.63, 3.8) is 0 Å². The van der Waals surface area contributed by atoms with Crippen LogP contribution in [-0.2, 0) is 11.2 Å². The average molecular weight is 346 g/mol. The number of carbonyl (C=O) groups is 2. The highest BCUT2D eigenvalue weighted by atomic mass is 32.2. The summed E-state index contributed by atoms with van der Waals surface area (Å²) in [5, 5.41) is 11.9. The van der Waals surface area contributed by atoms with Crippen LogP contribution in [0, 0.1) is 0 Å². The molecule has 0 aliphatic rings. The van der Waals surface area contributed by atoms with Crippen LogP contribution in [0.4, 0.5) is 5.69 Å². The molecule has 0 unspecified atom stereocenters. The van der Waals surface area contributed by atoms with E-state index in [0.717, 1.165) is 17.4 Å². The maximum atomic E-state index is 12.1. The van der Waals surface area contributed by atoms with Crippen LogP contribution in [0.2, 0.25) is 0 Å². The van der Waals surface area contributed by atoms with Crippen LogP contribution in [0.5, 0.6) is 0 Å². The number of hydrogen-bond donors (Lipinski definition) is 1. The fourth-order valence-corrected chi connectivity index (χ4v) is 3.17. The van der Waals surface area contributed by atoms with E-state index >= 15 is 0 Å². The topological polar surface area (TPSA) is 76.9 Å². The van der Waals surface area contributed by atoms with Gasteiger partial charge in [0, 0.05) is 23.7 Å². The SMILES string of the molecule is CCc1nnc(SCC(=O)Nc2ccc(C(C)=O)cc2)n1C(C)C. The number of ketones is 1. The molecule has 24 heavy (non-hydrogen) atoms. The number of Topliss-reactive ketones (excluding diaryl/α,β-unsaturated/α-hetero) is 1. The van der Waals surface area contributed by atoms with Gasteiger partial charge in [0.1, 0.15) is 5.82 Å². The maximum absolute atomic E-state index is 12.1. The molecule has 1 heterocycles. The Morgan fingerprint density at radius 3 is 2.42 bits per heavy atom. The van der Waals surface area contributed by atoms with Gasteiger partial charge >= 0.3 is 0 Å². The number of nitrogens with zero attached hydrogens (tertiary/aromatic N) is 3. The Hall–Kier alpha value is -2.15. The van der Waals surface area contributed by atoms with E-state index in [-0.39, 0.29) is 23.5 Å². The van der Waals surface area contributed by atoms with Crippen molar-refractivity contribution < 1.29 is 9.59 Å². The van der Waals surface area contributed by atoms with Crippen LogP contribution >= 0.6 is 11.8 Å². The lowest BCUT2D eigenvalue weighted by molar-refractivity contribution is -0.113. The summed E-state index contributed by atoms with van der Waals surface area (Å²) in [6.07, 6.45) is 0.806. The normalized spacial score (nSPS) is 10.9. The third-order valence-electron chi connectivity index (χ3n) is 3.48. The van der Waals surface area contributed by atoms with Crippen molar-refractivity contribution in [1.29, 1.82) is 0 Å². The Balaban J connectivity index is 1.96. The molecule has 0 radical (unpaired) electrons. The van der Waals surface area contributed by atoms with Crippen LogP contribution in [0.15, 0.2) is 29.4 Å². The van der Waals surface area contributed by atoms with Crippen molar-refractivity contribution in [1.82, 2.24) is 14.8 Å². The van der Waals surface area contributed by atoms with E-state index in [1.54, 1.807) is 24.3 Å². The summed E-state index contributed by atoms with van der Waals surface area (Å²) >= 11 is 1.37. The van der Waals surface area contributed by atoms with Gasteiger partial charge in [-0.3, -0.25) is 9.59 Å². The molecule has 1 amide bonds. The lowest BCUT2D eigenvalue weighted by Gasteiger charge is -2.12. The monoisotopic (exact) mass is 346 g/mol. The number of aromatic nitrogens is 3. The summed E-state index contributed by atoms with van der Waals surface area (Å²) in [6, 6.07) is 7.11. The number of nitrogens with one attached hydrogen (secondary N) is 1. The van der Waals surface area contributed by atoms with E-state index in [2.05, 4.69) is 33.9 Å². The number of amides is 1. The molecule has 1 aromatic heterocycles. The van der Waals surface area contributed by atoms with Crippen LogP contribution in [0.25, 0.3) is 0 Å². The Morgan fingerprint density at radius 2 is 1.88 bits per heavy atom. The first-order chi connectivity index (χ1) is 11.4. The van der Waals surface area contributed by atoms with Gasteiger partial charge in [-0.2, -0.15) is 0 Å². The first kappa shape index (κ1) is 18.2. The summed E-state index contributed by atoms with van der Waals surface area (Å²) in [5.74, 6) is 1.06. The minimum atomic E-state index is -0.119. The zero-order chi connectivity index (χ0) is 17.7. The average Bonchev–Trinajstić information content (AvgIpc) is 2.96. The van der Waals surface area contributed by atoms with Crippen molar-refractivity contribution in [2.45, 2.75) is 45.3 Å². The molecule has 0 spiro atoms. The highest BCUT2D eigenvalue weighted by Gasteiger charge is 2.15. The smallest absolute Gasteiger partial charge is 0.234 e. The molecule has 6 nitrogen and oxygen atoms in total. The summed E-state index contributed by atoms with van der Waals surface area (Å²) in [6.45, 7) is 7.70. The van der Waals surface area contributed by atoms with Gasteiger partial charge in [-0.15, -0.1) is 10.2 Å².